The highest BCUT2D eigenvalue weighted by Crippen LogP contribution is 2.24. The third kappa shape index (κ3) is 4.81. The highest BCUT2D eigenvalue weighted by atomic mass is 16.5. The van der Waals surface area contributed by atoms with Crippen LogP contribution in [-0.4, -0.2) is 25.7 Å². The fourth-order valence-corrected chi connectivity index (χ4v) is 1.66. The first-order chi connectivity index (χ1) is 9.08. The van der Waals surface area contributed by atoms with Crippen molar-refractivity contribution in [3.05, 3.63) is 23.8 Å². The predicted octanol–water partition coefficient (Wildman–Crippen LogP) is 3.47. The lowest BCUT2D eigenvalue weighted by molar-refractivity contribution is 0.0601. The van der Waals surface area contributed by atoms with Gasteiger partial charge in [-0.1, -0.05) is 13.3 Å². The van der Waals surface area contributed by atoms with Gasteiger partial charge in [0.2, 0.25) is 0 Å². The molecule has 0 amide bonds. The summed E-state index contributed by atoms with van der Waals surface area (Å²) in [7, 11) is 1.38. The third-order valence-electron chi connectivity index (χ3n) is 2.61. The second-order valence-electron chi connectivity index (χ2n) is 4.70. The van der Waals surface area contributed by atoms with Gasteiger partial charge < -0.3 is 14.8 Å². The van der Waals surface area contributed by atoms with E-state index in [1.54, 1.807) is 6.07 Å². The number of benzene rings is 1. The minimum Gasteiger partial charge on any atom is -0.494 e. The number of carbonyl (C=O) groups is 1. The summed E-state index contributed by atoms with van der Waals surface area (Å²) in [5.41, 5.74) is 1.27. The molecule has 0 aliphatic carbocycles. The van der Waals surface area contributed by atoms with Crippen LogP contribution < -0.4 is 10.1 Å². The molecule has 1 N–H and O–H groups in total. The second kappa shape index (κ2) is 7.67. The van der Waals surface area contributed by atoms with E-state index in [4.69, 9.17) is 9.47 Å². The molecule has 1 aromatic rings. The normalized spacial score (nSPS) is 10.4. The van der Waals surface area contributed by atoms with Crippen molar-refractivity contribution in [3.63, 3.8) is 0 Å². The molecule has 4 heteroatoms. The van der Waals surface area contributed by atoms with E-state index >= 15 is 0 Å². The highest BCUT2D eigenvalue weighted by Gasteiger charge is 2.14. The van der Waals surface area contributed by atoms with E-state index in [1.807, 2.05) is 26.0 Å². The molecule has 0 unspecified atom stereocenters. The Morgan fingerprint density at radius 1 is 1.37 bits per heavy atom. The first-order valence-corrected chi connectivity index (χ1v) is 6.70. The first kappa shape index (κ1) is 15.3. The molecule has 0 atom stereocenters. The molecule has 0 spiro atoms. The molecule has 106 valence electrons. The Balaban J connectivity index is 2.91. The van der Waals surface area contributed by atoms with Gasteiger partial charge in [-0.15, -0.1) is 0 Å². The van der Waals surface area contributed by atoms with Crippen LogP contribution in [0.5, 0.6) is 5.75 Å². The summed E-state index contributed by atoms with van der Waals surface area (Å²) in [5.74, 6) is 0.340. The highest BCUT2D eigenvalue weighted by molar-refractivity contribution is 5.96. The molecule has 0 bridgehead atoms. The van der Waals surface area contributed by atoms with Crippen molar-refractivity contribution < 1.29 is 14.3 Å². The van der Waals surface area contributed by atoms with Gasteiger partial charge in [0.25, 0.3) is 0 Å². The fraction of sp³-hybridized carbons (Fsp3) is 0.533. The van der Waals surface area contributed by atoms with Gasteiger partial charge in [0, 0.05) is 11.7 Å². The van der Waals surface area contributed by atoms with E-state index < -0.39 is 0 Å². The Bertz CT molecular complexity index is 416. The van der Waals surface area contributed by atoms with Crippen LogP contribution in [0.15, 0.2) is 18.2 Å². The summed E-state index contributed by atoms with van der Waals surface area (Å²) in [6, 6.07) is 5.70. The molecule has 0 radical (unpaired) electrons. The number of hydrogen-bond acceptors (Lipinski definition) is 4. The summed E-state index contributed by atoms with van der Waals surface area (Å²) in [5, 5.41) is 3.23. The average molecular weight is 265 g/mol. The maximum atomic E-state index is 11.8. The molecule has 0 saturated carbocycles. The topological polar surface area (TPSA) is 47.6 Å². The largest absolute Gasteiger partial charge is 0.494 e. The lowest BCUT2D eigenvalue weighted by atomic mass is 10.1. The van der Waals surface area contributed by atoms with Gasteiger partial charge >= 0.3 is 5.97 Å². The van der Waals surface area contributed by atoms with Gasteiger partial charge in [0.15, 0.2) is 0 Å². The van der Waals surface area contributed by atoms with E-state index in [9.17, 15) is 4.79 Å². The molecular weight excluding hydrogens is 242 g/mol. The Kier molecular flexibility index (Phi) is 6.19. The van der Waals surface area contributed by atoms with Crippen molar-refractivity contribution in [3.8, 4) is 5.75 Å². The summed E-state index contributed by atoms with van der Waals surface area (Å²) in [6.07, 6.45) is 2.08. The van der Waals surface area contributed by atoms with Crippen LogP contribution in [0.4, 0.5) is 5.69 Å². The summed E-state index contributed by atoms with van der Waals surface area (Å²) in [6.45, 7) is 6.81. The molecule has 0 aliphatic heterocycles. The molecule has 4 nitrogen and oxygen atoms in total. The molecule has 0 fully saturated rings. The minimum atomic E-state index is -0.357. The lowest BCUT2D eigenvalue weighted by Gasteiger charge is -2.15. The number of anilines is 1. The SMILES string of the molecule is CCCCOc1ccc(NC(C)C)c(C(=O)OC)c1. The van der Waals surface area contributed by atoms with E-state index in [2.05, 4.69) is 12.2 Å². The number of rotatable bonds is 7. The lowest BCUT2D eigenvalue weighted by Crippen LogP contribution is -2.14. The van der Waals surface area contributed by atoms with Crippen LogP contribution in [0.25, 0.3) is 0 Å². The zero-order valence-electron chi connectivity index (χ0n) is 12.2. The van der Waals surface area contributed by atoms with Crippen LogP contribution in [0.3, 0.4) is 0 Å². The molecule has 1 aromatic carbocycles. The van der Waals surface area contributed by atoms with Gasteiger partial charge in [-0.3, -0.25) is 0 Å². The van der Waals surface area contributed by atoms with Crippen LogP contribution in [0.1, 0.15) is 44.0 Å². The van der Waals surface area contributed by atoms with Crippen molar-refractivity contribution in [2.45, 2.75) is 39.7 Å². The Morgan fingerprint density at radius 3 is 2.68 bits per heavy atom. The van der Waals surface area contributed by atoms with Crippen LogP contribution in [0.2, 0.25) is 0 Å². The van der Waals surface area contributed by atoms with Crippen molar-refractivity contribution in [2.75, 3.05) is 19.0 Å². The van der Waals surface area contributed by atoms with Crippen LogP contribution in [-0.2, 0) is 4.74 Å². The Hall–Kier alpha value is -1.71. The number of carbonyl (C=O) groups excluding carboxylic acids is 1. The molecule has 1 rings (SSSR count). The van der Waals surface area contributed by atoms with Gasteiger partial charge in [-0.2, -0.15) is 0 Å². The first-order valence-electron chi connectivity index (χ1n) is 6.70. The number of hydrogen-bond donors (Lipinski definition) is 1. The second-order valence-corrected chi connectivity index (χ2v) is 4.70. The fourth-order valence-electron chi connectivity index (χ4n) is 1.66. The van der Waals surface area contributed by atoms with E-state index in [-0.39, 0.29) is 12.0 Å². The Morgan fingerprint density at radius 2 is 2.11 bits per heavy atom. The molecule has 0 aliphatic rings. The summed E-state index contributed by atoms with van der Waals surface area (Å²) in [4.78, 5) is 11.8. The summed E-state index contributed by atoms with van der Waals surface area (Å²) < 4.78 is 10.4. The van der Waals surface area contributed by atoms with E-state index in [0.717, 1.165) is 18.5 Å². The van der Waals surface area contributed by atoms with Crippen LogP contribution >= 0.6 is 0 Å². The van der Waals surface area contributed by atoms with Crippen molar-refractivity contribution in [1.29, 1.82) is 0 Å². The van der Waals surface area contributed by atoms with Gasteiger partial charge in [-0.05, 0) is 38.5 Å². The number of unbranched alkanes of at least 4 members (excludes halogenated alkanes) is 1. The number of methoxy groups -OCH3 is 1. The maximum Gasteiger partial charge on any atom is 0.340 e. The van der Waals surface area contributed by atoms with E-state index in [0.29, 0.717) is 17.9 Å². The maximum absolute atomic E-state index is 11.8. The number of ether oxygens (including phenoxy) is 2. The van der Waals surface area contributed by atoms with Gasteiger partial charge in [0.1, 0.15) is 5.75 Å². The third-order valence-corrected chi connectivity index (χ3v) is 2.61. The monoisotopic (exact) mass is 265 g/mol. The molecule has 19 heavy (non-hydrogen) atoms. The standard InChI is InChI=1S/C15H23NO3/c1-5-6-9-19-12-7-8-14(16-11(2)3)13(10-12)15(17)18-4/h7-8,10-11,16H,5-6,9H2,1-4H3. The van der Waals surface area contributed by atoms with Crippen LogP contribution in [0, 0.1) is 0 Å². The smallest absolute Gasteiger partial charge is 0.340 e. The zero-order valence-corrected chi connectivity index (χ0v) is 12.2. The van der Waals surface area contributed by atoms with Crippen molar-refractivity contribution in [1.82, 2.24) is 0 Å². The molecule has 0 aromatic heterocycles. The summed E-state index contributed by atoms with van der Waals surface area (Å²) >= 11 is 0. The molecule has 0 heterocycles. The Labute approximate surface area is 115 Å². The molecular formula is C15H23NO3. The predicted molar refractivity (Wildman–Crippen MR) is 76.9 cm³/mol. The average Bonchev–Trinajstić information content (AvgIpc) is 2.39. The van der Waals surface area contributed by atoms with Gasteiger partial charge in [-0.25, -0.2) is 4.79 Å². The number of nitrogens with one attached hydrogen (secondary N) is 1. The van der Waals surface area contributed by atoms with E-state index in [1.165, 1.54) is 7.11 Å². The zero-order chi connectivity index (χ0) is 14.3. The number of esters is 1. The van der Waals surface area contributed by atoms with Crippen molar-refractivity contribution >= 4 is 11.7 Å². The quantitative estimate of drug-likeness (QED) is 0.605. The van der Waals surface area contributed by atoms with Crippen molar-refractivity contribution in [2.24, 2.45) is 0 Å². The van der Waals surface area contributed by atoms with Gasteiger partial charge in [0.05, 0.1) is 19.3 Å². The minimum absolute atomic E-state index is 0.246. The molecule has 0 saturated heterocycles.